The molecular weight excluding hydrogens is 404 g/mol. The van der Waals surface area contributed by atoms with Crippen LogP contribution in [0.4, 0.5) is 0 Å². The summed E-state index contributed by atoms with van der Waals surface area (Å²) in [4.78, 5) is 7.36. The number of ether oxygens (including phenoxy) is 2. The summed E-state index contributed by atoms with van der Waals surface area (Å²) in [5.74, 6) is 2.34. The van der Waals surface area contributed by atoms with Gasteiger partial charge in [0.05, 0.1) is 32.9 Å². The number of benzene rings is 2. The average molecular weight is 441 g/mol. The highest BCUT2D eigenvalue weighted by molar-refractivity contribution is 5.79. The third kappa shape index (κ3) is 6.61. The lowest BCUT2D eigenvalue weighted by Gasteiger charge is -2.27. The van der Waals surface area contributed by atoms with Crippen LogP contribution >= 0.6 is 0 Å². The number of aliphatic hydroxyl groups excluding tert-OH is 1. The predicted molar refractivity (Wildman–Crippen MR) is 128 cm³/mol. The van der Waals surface area contributed by atoms with Crippen molar-refractivity contribution in [3.63, 3.8) is 0 Å². The first-order valence-corrected chi connectivity index (χ1v) is 11.4. The maximum atomic E-state index is 10.6. The molecule has 0 amide bonds. The Morgan fingerprint density at radius 2 is 1.50 bits per heavy atom. The summed E-state index contributed by atoms with van der Waals surface area (Å²) in [6, 6.07) is 16.0. The van der Waals surface area contributed by atoms with Crippen LogP contribution in [0.5, 0.6) is 11.5 Å². The van der Waals surface area contributed by atoms with Gasteiger partial charge in [-0.25, -0.2) is 0 Å². The molecule has 1 aliphatic rings. The summed E-state index contributed by atoms with van der Waals surface area (Å²) in [7, 11) is 3.32. The standard InChI is InChI=1S/C25H36N4O3/c1-4-26-25(28-18-24(30)20-9-13-22(32-3)14-10-20)27-17-23(29-15-5-6-16-29)19-7-11-21(31-2)12-8-19/h7-14,23-24,30H,4-6,15-18H2,1-3H3,(H2,26,27,28). The molecule has 2 aromatic carbocycles. The van der Waals surface area contributed by atoms with E-state index >= 15 is 0 Å². The smallest absolute Gasteiger partial charge is 0.191 e. The molecule has 0 aliphatic carbocycles. The molecule has 2 aromatic rings. The number of hydrogen-bond acceptors (Lipinski definition) is 5. The van der Waals surface area contributed by atoms with Gasteiger partial charge >= 0.3 is 0 Å². The van der Waals surface area contributed by atoms with Gasteiger partial charge in [-0.2, -0.15) is 0 Å². The highest BCUT2D eigenvalue weighted by Crippen LogP contribution is 2.27. The number of nitrogens with zero attached hydrogens (tertiary/aromatic N) is 2. The van der Waals surface area contributed by atoms with Crippen LogP contribution in [0.25, 0.3) is 0 Å². The summed E-state index contributed by atoms with van der Waals surface area (Å²) in [6.45, 7) is 5.98. The van der Waals surface area contributed by atoms with Crippen molar-refractivity contribution < 1.29 is 14.6 Å². The van der Waals surface area contributed by atoms with E-state index in [0.717, 1.165) is 36.7 Å². The number of rotatable bonds is 10. The molecule has 0 bridgehead atoms. The fraction of sp³-hybridized carbons (Fsp3) is 0.480. The molecule has 1 aliphatic heterocycles. The van der Waals surface area contributed by atoms with Gasteiger partial charge in [-0.3, -0.25) is 9.89 Å². The Labute approximate surface area is 191 Å². The number of aliphatic hydroxyl groups is 1. The van der Waals surface area contributed by atoms with Crippen LogP contribution in [-0.4, -0.2) is 62.9 Å². The van der Waals surface area contributed by atoms with Gasteiger partial charge in [-0.1, -0.05) is 24.3 Å². The van der Waals surface area contributed by atoms with Gasteiger partial charge < -0.3 is 25.2 Å². The van der Waals surface area contributed by atoms with Crippen LogP contribution in [0.2, 0.25) is 0 Å². The summed E-state index contributed by atoms with van der Waals surface area (Å²) < 4.78 is 10.5. The molecule has 2 unspecified atom stereocenters. The summed E-state index contributed by atoms with van der Waals surface area (Å²) in [5, 5.41) is 17.1. The van der Waals surface area contributed by atoms with E-state index in [-0.39, 0.29) is 6.04 Å². The average Bonchev–Trinajstić information content (AvgIpc) is 3.37. The number of likely N-dealkylation sites (tertiary alicyclic amines) is 1. The molecule has 1 saturated heterocycles. The third-order valence-electron chi connectivity index (χ3n) is 5.81. The predicted octanol–water partition coefficient (Wildman–Crippen LogP) is 3.13. The van der Waals surface area contributed by atoms with Crippen molar-refractivity contribution in [1.82, 2.24) is 15.5 Å². The van der Waals surface area contributed by atoms with Crippen molar-refractivity contribution >= 4 is 5.96 Å². The van der Waals surface area contributed by atoms with Crippen molar-refractivity contribution in [2.24, 2.45) is 4.99 Å². The maximum absolute atomic E-state index is 10.6. The van der Waals surface area contributed by atoms with Gasteiger partial charge in [0.25, 0.3) is 0 Å². The van der Waals surface area contributed by atoms with E-state index in [9.17, 15) is 5.11 Å². The van der Waals surface area contributed by atoms with Crippen molar-refractivity contribution in [1.29, 1.82) is 0 Å². The van der Waals surface area contributed by atoms with Crippen molar-refractivity contribution in [2.45, 2.75) is 31.9 Å². The Bertz CT molecular complexity index is 833. The lowest BCUT2D eigenvalue weighted by Crippen LogP contribution is -2.40. The molecule has 32 heavy (non-hydrogen) atoms. The molecular formula is C25H36N4O3. The Morgan fingerprint density at radius 1 is 0.938 bits per heavy atom. The van der Waals surface area contributed by atoms with Gasteiger partial charge in [0, 0.05) is 13.1 Å². The van der Waals surface area contributed by atoms with Gasteiger partial charge in [0.2, 0.25) is 0 Å². The highest BCUT2D eigenvalue weighted by Gasteiger charge is 2.23. The molecule has 3 N–H and O–H groups in total. The topological polar surface area (TPSA) is 78.4 Å². The van der Waals surface area contributed by atoms with E-state index in [2.05, 4.69) is 27.7 Å². The molecule has 2 atom stereocenters. The monoisotopic (exact) mass is 440 g/mol. The van der Waals surface area contributed by atoms with Gasteiger partial charge in [0.15, 0.2) is 5.96 Å². The van der Waals surface area contributed by atoms with Crippen LogP contribution in [-0.2, 0) is 0 Å². The minimum atomic E-state index is -0.638. The Hall–Kier alpha value is -2.77. The van der Waals surface area contributed by atoms with Crippen LogP contribution in [0.3, 0.4) is 0 Å². The zero-order valence-electron chi connectivity index (χ0n) is 19.4. The third-order valence-corrected chi connectivity index (χ3v) is 5.81. The Balaban J connectivity index is 1.66. The normalized spacial score (nSPS) is 16.4. The van der Waals surface area contributed by atoms with Gasteiger partial charge in [-0.15, -0.1) is 0 Å². The van der Waals surface area contributed by atoms with Crippen LogP contribution in [0, 0.1) is 0 Å². The minimum absolute atomic E-state index is 0.213. The van der Waals surface area contributed by atoms with Crippen LogP contribution in [0.15, 0.2) is 53.5 Å². The lowest BCUT2D eigenvalue weighted by atomic mass is 10.1. The first-order valence-electron chi connectivity index (χ1n) is 11.4. The largest absolute Gasteiger partial charge is 0.497 e. The van der Waals surface area contributed by atoms with E-state index < -0.39 is 6.10 Å². The van der Waals surface area contributed by atoms with Crippen molar-refractivity contribution in [3.05, 3.63) is 59.7 Å². The molecule has 0 aromatic heterocycles. The second-order valence-electron chi connectivity index (χ2n) is 7.92. The minimum Gasteiger partial charge on any atom is -0.497 e. The first kappa shape index (κ1) is 23.9. The number of guanidine groups is 1. The molecule has 7 heteroatoms. The zero-order chi connectivity index (χ0) is 22.8. The number of hydrogen-bond donors (Lipinski definition) is 3. The number of methoxy groups -OCH3 is 2. The molecule has 7 nitrogen and oxygen atoms in total. The Kier molecular flexibility index (Phi) is 9.19. The van der Waals surface area contributed by atoms with E-state index in [4.69, 9.17) is 14.5 Å². The van der Waals surface area contributed by atoms with E-state index in [0.29, 0.717) is 19.0 Å². The quantitative estimate of drug-likeness (QED) is 0.389. The molecule has 0 spiro atoms. The zero-order valence-corrected chi connectivity index (χ0v) is 19.4. The Morgan fingerprint density at radius 3 is 2.03 bits per heavy atom. The van der Waals surface area contributed by atoms with E-state index in [1.54, 1.807) is 14.2 Å². The fourth-order valence-corrected chi connectivity index (χ4v) is 3.97. The molecule has 0 radical (unpaired) electrons. The molecule has 3 rings (SSSR count). The summed E-state index contributed by atoms with van der Waals surface area (Å²) >= 11 is 0. The van der Waals surface area contributed by atoms with Crippen LogP contribution in [0.1, 0.15) is 43.0 Å². The lowest BCUT2D eigenvalue weighted by molar-refractivity contribution is 0.180. The second-order valence-corrected chi connectivity index (χ2v) is 7.92. The number of nitrogens with one attached hydrogen (secondary N) is 2. The summed E-state index contributed by atoms with van der Waals surface area (Å²) in [6.07, 6.45) is 1.81. The SMILES string of the molecule is CCNC(=NCC(c1ccc(OC)cc1)N1CCCC1)NCC(O)c1ccc(OC)cc1. The molecule has 0 saturated carbocycles. The first-order chi connectivity index (χ1) is 15.6. The molecule has 174 valence electrons. The maximum Gasteiger partial charge on any atom is 0.191 e. The van der Waals surface area contributed by atoms with Crippen molar-refractivity contribution in [2.75, 3.05) is 46.9 Å². The highest BCUT2D eigenvalue weighted by atomic mass is 16.5. The van der Waals surface area contributed by atoms with Crippen LogP contribution < -0.4 is 20.1 Å². The van der Waals surface area contributed by atoms with Gasteiger partial charge in [-0.05, 0) is 68.2 Å². The molecule has 1 fully saturated rings. The second kappa shape index (κ2) is 12.3. The molecule has 1 heterocycles. The van der Waals surface area contributed by atoms with E-state index in [1.165, 1.54) is 18.4 Å². The summed E-state index contributed by atoms with van der Waals surface area (Å²) in [5.41, 5.74) is 2.08. The fourth-order valence-electron chi connectivity index (χ4n) is 3.97. The van der Waals surface area contributed by atoms with Gasteiger partial charge in [0.1, 0.15) is 11.5 Å². The number of aliphatic imine (C=N–C) groups is 1. The van der Waals surface area contributed by atoms with Crippen molar-refractivity contribution in [3.8, 4) is 11.5 Å². The van der Waals surface area contributed by atoms with E-state index in [1.807, 2.05) is 43.3 Å².